The van der Waals surface area contributed by atoms with Gasteiger partial charge in [-0.1, -0.05) is 32.4 Å². The van der Waals surface area contributed by atoms with Crippen molar-refractivity contribution in [3.05, 3.63) is 22.8 Å². The lowest BCUT2D eigenvalue weighted by Gasteiger charge is -2.48. The van der Waals surface area contributed by atoms with E-state index in [0.717, 1.165) is 57.1 Å². The fourth-order valence-corrected chi connectivity index (χ4v) is 8.93. The number of ether oxygens (including phenoxy) is 1. The molecule has 0 aromatic rings. The minimum Gasteiger partial charge on any atom is -0.393 e. The van der Waals surface area contributed by atoms with Crippen LogP contribution >= 0.6 is 0 Å². The topological polar surface area (TPSA) is 58.6 Å². The molecule has 4 fully saturated rings. The van der Waals surface area contributed by atoms with E-state index in [9.17, 15) is 9.90 Å². The van der Waals surface area contributed by atoms with Crippen LogP contribution in [0.3, 0.4) is 0 Å². The van der Waals surface area contributed by atoms with E-state index in [1.165, 1.54) is 11.1 Å². The molecule has 0 aromatic heterocycles. The van der Waals surface area contributed by atoms with Gasteiger partial charge in [-0.3, -0.25) is 4.79 Å². The van der Waals surface area contributed by atoms with Crippen LogP contribution in [0.4, 0.5) is 0 Å². The van der Waals surface area contributed by atoms with Crippen LogP contribution in [0, 0.1) is 35.0 Å². The average molecular weight is 426 g/mol. The van der Waals surface area contributed by atoms with Crippen molar-refractivity contribution in [2.24, 2.45) is 35.0 Å². The zero-order valence-electron chi connectivity index (χ0n) is 19.6. The maximum atomic E-state index is 14.1. The van der Waals surface area contributed by atoms with Crippen molar-refractivity contribution in [1.82, 2.24) is 5.32 Å². The second-order valence-electron chi connectivity index (χ2n) is 12.1. The Morgan fingerprint density at radius 3 is 2.84 bits per heavy atom. The zero-order chi connectivity index (χ0) is 21.7. The SMILES string of the molecule is CC1=C2C(=O)[C@@H]3[C@@H](CC=C4C[C@H](O)CC[C@@]43C)[C@H]2CC[C@]12O[C@H]1C[C@@H](C)CN[C@H]1[C@@H]2C. The quantitative estimate of drug-likeness (QED) is 0.572. The molecule has 2 N–H and O–H groups in total. The second-order valence-corrected chi connectivity index (χ2v) is 12.1. The predicted octanol–water partition coefficient (Wildman–Crippen LogP) is 4.18. The molecule has 4 nitrogen and oxygen atoms in total. The molecule has 6 rings (SSSR count). The maximum Gasteiger partial charge on any atom is 0.163 e. The lowest BCUT2D eigenvalue weighted by molar-refractivity contribution is -0.123. The van der Waals surface area contributed by atoms with Crippen molar-refractivity contribution in [3.8, 4) is 0 Å². The van der Waals surface area contributed by atoms with Crippen LogP contribution in [0.25, 0.3) is 0 Å². The fraction of sp³-hybridized carbons (Fsp3) is 0.815. The minimum absolute atomic E-state index is 0.0653. The van der Waals surface area contributed by atoms with Gasteiger partial charge < -0.3 is 15.2 Å². The lowest BCUT2D eigenvalue weighted by Crippen LogP contribution is -2.49. The van der Waals surface area contributed by atoms with Gasteiger partial charge in [-0.05, 0) is 87.2 Å². The maximum absolute atomic E-state index is 14.1. The number of ketones is 1. The van der Waals surface area contributed by atoms with Crippen LogP contribution in [0.5, 0.6) is 0 Å². The van der Waals surface area contributed by atoms with Gasteiger partial charge in [-0.25, -0.2) is 0 Å². The highest BCUT2D eigenvalue weighted by molar-refractivity contribution is 6.02. The molecule has 31 heavy (non-hydrogen) atoms. The zero-order valence-corrected chi connectivity index (χ0v) is 19.6. The van der Waals surface area contributed by atoms with E-state index in [1.54, 1.807) is 0 Å². The van der Waals surface area contributed by atoms with Crippen molar-refractivity contribution >= 4 is 5.78 Å². The summed E-state index contributed by atoms with van der Waals surface area (Å²) in [6.07, 6.45) is 9.23. The molecule has 0 aromatic carbocycles. The molecule has 2 saturated carbocycles. The van der Waals surface area contributed by atoms with E-state index in [1.807, 2.05) is 0 Å². The highest BCUT2D eigenvalue weighted by atomic mass is 16.5. The smallest absolute Gasteiger partial charge is 0.163 e. The Hall–Kier alpha value is -0.970. The number of rotatable bonds is 0. The minimum atomic E-state index is -0.263. The number of carbonyl (C=O) groups excluding carboxylic acids is 1. The number of carbonyl (C=O) groups is 1. The Balaban J connectivity index is 1.39. The summed E-state index contributed by atoms with van der Waals surface area (Å²) in [5.41, 5.74) is 3.43. The van der Waals surface area contributed by atoms with Gasteiger partial charge in [-0.2, -0.15) is 0 Å². The highest BCUT2D eigenvalue weighted by Gasteiger charge is 2.63. The number of aliphatic hydroxyl groups is 1. The van der Waals surface area contributed by atoms with Crippen LogP contribution in [0.15, 0.2) is 22.8 Å². The largest absolute Gasteiger partial charge is 0.393 e. The normalized spacial score (nSPS) is 53.7. The third-order valence-electron chi connectivity index (χ3n) is 10.6. The van der Waals surface area contributed by atoms with E-state index >= 15 is 0 Å². The monoisotopic (exact) mass is 425 g/mol. The van der Waals surface area contributed by atoms with Gasteiger partial charge in [0.05, 0.1) is 17.8 Å². The number of Topliss-reactive ketones (excluding diaryl/α,β-unsaturated/α-hetero) is 1. The van der Waals surface area contributed by atoms with Crippen LogP contribution in [0.1, 0.15) is 72.6 Å². The van der Waals surface area contributed by atoms with E-state index in [-0.39, 0.29) is 29.1 Å². The molecule has 2 aliphatic heterocycles. The lowest BCUT2D eigenvalue weighted by atomic mass is 9.56. The molecule has 2 saturated heterocycles. The Bertz CT molecular complexity index is 876. The highest BCUT2D eigenvalue weighted by Crippen LogP contribution is 2.63. The van der Waals surface area contributed by atoms with Gasteiger partial charge in [-0.15, -0.1) is 0 Å². The van der Waals surface area contributed by atoms with Gasteiger partial charge in [0.1, 0.15) is 0 Å². The van der Waals surface area contributed by atoms with E-state index in [2.05, 4.69) is 39.1 Å². The number of piperidine rings is 1. The third kappa shape index (κ3) is 2.62. The van der Waals surface area contributed by atoms with Crippen LogP contribution in [0.2, 0.25) is 0 Å². The summed E-state index contributed by atoms with van der Waals surface area (Å²) in [5.74, 6) is 2.41. The Labute approximate surface area is 186 Å². The summed E-state index contributed by atoms with van der Waals surface area (Å²) in [5, 5.41) is 14.0. The Morgan fingerprint density at radius 1 is 1.23 bits per heavy atom. The van der Waals surface area contributed by atoms with Crippen molar-refractivity contribution in [3.63, 3.8) is 0 Å². The molecule has 0 bridgehead atoms. The summed E-state index contributed by atoms with van der Waals surface area (Å²) in [4.78, 5) is 14.1. The number of nitrogens with one attached hydrogen (secondary N) is 1. The summed E-state index contributed by atoms with van der Waals surface area (Å²) < 4.78 is 6.93. The third-order valence-corrected chi connectivity index (χ3v) is 10.6. The van der Waals surface area contributed by atoms with Crippen molar-refractivity contribution < 1.29 is 14.6 Å². The van der Waals surface area contributed by atoms with E-state index in [0.29, 0.717) is 35.5 Å². The molecule has 0 radical (unpaired) electrons. The summed E-state index contributed by atoms with van der Waals surface area (Å²) in [6, 6.07) is 0.410. The summed E-state index contributed by atoms with van der Waals surface area (Å²) in [7, 11) is 0. The number of hydrogen-bond acceptors (Lipinski definition) is 4. The average Bonchev–Trinajstić information content (AvgIpc) is 3.18. The molecule has 1 spiro atoms. The van der Waals surface area contributed by atoms with E-state index < -0.39 is 0 Å². The Morgan fingerprint density at radius 2 is 2.03 bits per heavy atom. The van der Waals surface area contributed by atoms with Crippen molar-refractivity contribution in [2.75, 3.05) is 6.54 Å². The molecule has 6 aliphatic rings. The van der Waals surface area contributed by atoms with Gasteiger partial charge in [0.25, 0.3) is 0 Å². The van der Waals surface area contributed by atoms with Gasteiger partial charge >= 0.3 is 0 Å². The Kier molecular flexibility index (Phi) is 4.51. The van der Waals surface area contributed by atoms with Gasteiger partial charge in [0, 0.05) is 23.5 Å². The molecular formula is C27H39NO3. The number of allylic oxidation sites excluding steroid dienone is 2. The number of hydrogen-bond donors (Lipinski definition) is 2. The van der Waals surface area contributed by atoms with Gasteiger partial charge in [0.15, 0.2) is 5.78 Å². The first-order valence-electron chi connectivity index (χ1n) is 12.8. The first-order chi connectivity index (χ1) is 14.8. The molecule has 4 heteroatoms. The van der Waals surface area contributed by atoms with Crippen LogP contribution in [-0.4, -0.2) is 41.3 Å². The first kappa shape index (κ1) is 20.6. The molecule has 2 heterocycles. The molecule has 0 unspecified atom stereocenters. The predicted molar refractivity (Wildman–Crippen MR) is 120 cm³/mol. The number of aliphatic hydroxyl groups excluding tert-OH is 1. The molecule has 0 amide bonds. The molecule has 4 aliphatic carbocycles. The van der Waals surface area contributed by atoms with Crippen molar-refractivity contribution in [1.29, 1.82) is 0 Å². The standard InChI is InChI=1S/C27H39NO3/c1-14-11-21-24(28-13-14)16(3)27(31-21)10-8-19-20-6-5-17-12-18(29)7-9-26(17,4)23(20)25(30)22(19)15(27)2/h5,14,16,18-21,23-24,28-29H,6-13H2,1-4H3/t14-,16+,18-,19-,20+,21+,23+,24+,26+,27+/m1/s1. The molecule has 170 valence electrons. The summed E-state index contributed by atoms with van der Waals surface area (Å²) in [6.45, 7) is 10.3. The van der Waals surface area contributed by atoms with E-state index in [4.69, 9.17) is 4.74 Å². The molecular weight excluding hydrogens is 386 g/mol. The van der Waals surface area contributed by atoms with Crippen LogP contribution in [-0.2, 0) is 9.53 Å². The fourth-order valence-electron chi connectivity index (χ4n) is 8.93. The summed E-state index contributed by atoms with van der Waals surface area (Å²) >= 11 is 0. The van der Waals surface area contributed by atoms with Crippen LogP contribution < -0.4 is 5.32 Å². The molecule has 10 atom stereocenters. The van der Waals surface area contributed by atoms with Gasteiger partial charge in [0.2, 0.25) is 0 Å². The van der Waals surface area contributed by atoms with Crippen molar-refractivity contribution in [2.45, 2.75) is 96.5 Å². The second kappa shape index (κ2) is 6.77. The first-order valence-corrected chi connectivity index (χ1v) is 12.8. The number of fused-ring (bicyclic) bond motifs is 6.